The second-order valence-corrected chi connectivity index (χ2v) is 8.73. The molecule has 0 saturated carbocycles. The number of nitrogens with zero attached hydrogens (tertiary/aromatic N) is 2. The number of benzene rings is 2. The van der Waals surface area contributed by atoms with Crippen molar-refractivity contribution in [3.8, 4) is 0 Å². The van der Waals surface area contributed by atoms with E-state index in [2.05, 4.69) is 4.72 Å². The standard InChI is InChI=1S/C18H18F3N3O5S/c1-23-17(13-5-3-7-15(9-13)24(25)26)16(11-29-23)30(27,28)22-10-12-4-2-6-14(8-12)18(19,20)21/h2-9,16-17,22H,10-11H2,1H3/t16-,17+/m0/s1. The molecule has 0 unspecified atom stereocenters. The number of rotatable bonds is 6. The fourth-order valence-corrected chi connectivity index (χ4v) is 4.74. The second-order valence-electron chi connectivity index (χ2n) is 6.74. The maximum Gasteiger partial charge on any atom is 0.416 e. The molecule has 0 amide bonds. The summed E-state index contributed by atoms with van der Waals surface area (Å²) >= 11 is 0. The first kappa shape index (κ1) is 22.2. The Hall–Kier alpha value is -2.54. The zero-order valence-electron chi connectivity index (χ0n) is 15.7. The highest BCUT2D eigenvalue weighted by Gasteiger charge is 2.43. The molecule has 1 fully saturated rings. The van der Waals surface area contributed by atoms with Crippen LogP contribution in [0.25, 0.3) is 0 Å². The molecule has 162 valence electrons. The topological polar surface area (TPSA) is 102 Å². The fourth-order valence-electron chi connectivity index (χ4n) is 3.25. The third-order valence-corrected chi connectivity index (χ3v) is 6.48. The quantitative estimate of drug-likeness (QED) is 0.542. The first-order valence-electron chi connectivity index (χ1n) is 8.74. The number of nitrogens with one attached hydrogen (secondary N) is 1. The van der Waals surface area contributed by atoms with Crippen molar-refractivity contribution >= 4 is 15.7 Å². The van der Waals surface area contributed by atoms with E-state index in [1.807, 2.05) is 0 Å². The summed E-state index contributed by atoms with van der Waals surface area (Å²) in [6, 6.07) is 9.08. The molecule has 1 N–H and O–H groups in total. The summed E-state index contributed by atoms with van der Waals surface area (Å²) in [6.07, 6.45) is -4.54. The summed E-state index contributed by atoms with van der Waals surface area (Å²) in [7, 11) is -2.53. The third-order valence-electron chi connectivity index (χ3n) is 4.74. The van der Waals surface area contributed by atoms with Gasteiger partial charge in [-0.15, -0.1) is 0 Å². The molecule has 12 heteroatoms. The molecule has 2 aromatic carbocycles. The van der Waals surface area contributed by atoms with Gasteiger partial charge in [0.2, 0.25) is 10.0 Å². The summed E-state index contributed by atoms with van der Waals surface area (Å²) in [6.45, 7) is -0.546. The average Bonchev–Trinajstić information content (AvgIpc) is 3.08. The van der Waals surface area contributed by atoms with Crippen LogP contribution in [0.4, 0.5) is 18.9 Å². The Labute approximate surface area is 170 Å². The van der Waals surface area contributed by atoms with Gasteiger partial charge < -0.3 is 0 Å². The molecule has 0 aromatic heterocycles. The normalized spacial score (nSPS) is 20.4. The highest BCUT2D eigenvalue weighted by molar-refractivity contribution is 7.90. The lowest BCUT2D eigenvalue weighted by molar-refractivity contribution is -0.385. The molecule has 2 aromatic rings. The van der Waals surface area contributed by atoms with Gasteiger partial charge in [-0.05, 0) is 17.2 Å². The van der Waals surface area contributed by atoms with E-state index in [0.717, 1.165) is 12.1 Å². The van der Waals surface area contributed by atoms with Crippen molar-refractivity contribution in [3.05, 3.63) is 75.3 Å². The van der Waals surface area contributed by atoms with E-state index >= 15 is 0 Å². The Balaban J connectivity index is 1.81. The van der Waals surface area contributed by atoms with Crippen LogP contribution in [0.15, 0.2) is 48.5 Å². The predicted octanol–water partition coefficient (Wildman–Crippen LogP) is 3.02. The van der Waals surface area contributed by atoms with Crippen molar-refractivity contribution in [1.82, 2.24) is 9.79 Å². The summed E-state index contributed by atoms with van der Waals surface area (Å²) in [5, 5.41) is 11.2. The first-order valence-corrected chi connectivity index (χ1v) is 10.3. The molecule has 0 bridgehead atoms. The SMILES string of the molecule is CN1OC[C@H](S(=O)(=O)NCc2cccc(C(F)(F)F)c2)[C@H]1c1cccc([N+](=O)[O-])c1. The summed E-state index contributed by atoms with van der Waals surface area (Å²) in [5.41, 5.74) is -0.551. The molecule has 1 aliphatic heterocycles. The molecular weight excluding hydrogens is 427 g/mol. The van der Waals surface area contributed by atoms with Crippen molar-refractivity contribution < 1.29 is 31.3 Å². The molecule has 0 aliphatic carbocycles. The van der Waals surface area contributed by atoms with Crippen molar-refractivity contribution in [2.75, 3.05) is 13.7 Å². The highest BCUT2D eigenvalue weighted by Crippen LogP contribution is 2.35. The molecule has 0 radical (unpaired) electrons. The Morgan fingerprint density at radius 2 is 1.93 bits per heavy atom. The number of alkyl halides is 3. The van der Waals surface area contributed by atoms with Crippen molar-refractivity contribution in [3.63, 3.8) is 0 Å². The van der Waals surface area contributed by atoms with Gasteiger partial charge in [-0.25, -0.2) is 13.1 Å². The van der Waals surface area contributed by atoms with E-state index in [4.69, 9.17) is 4.84 Å². The predicted molar refractivity (Wildman–Crippen MR) is 101 cm³/mol. The Bertz CT molecular complexity index is 1050. The van der Waals surface area contributed by atoms with Crippen molar-refractivity contribution in [2.45, 2.75) is 24.0 Å². The van der Waals surface area contributed by atoms with E-state index in [1.54, 1.807) is 6.07 Å². The van der Waals surface area contributed by atoms with Gasteiger partial charge in [0.1, 0.15) is 5.25 Å². The van der Waals surface area contributed by atoms with Gasteiger partial charge in [-0.1, -0.05) is 30.3 Å². The van der Waals surface area contributed by atoms with Crippen molar-refractivity contribution in [2.24, 2.45) is 0 Å². The van der Waals surface area contributed by atoms with Gasteiger partial charge >= 0.3 is 6.18 Å². The Kier molecular flexibility index (Phi) is 6.13. The number of non-ortho nitro benzene ring substituents is 1. The zero-order chi connectivity index (χ0) is 22.1. The molecule has 30 heavy (non-hydrogen) atoms. The van der Waals surface area contributed by atoms with Crippen LogP contribution in [-0.2, 0) is 27.6 Å². The highest BCUT2D eigenvalue weighted by atomic mass is 32.2. The number of sulfonamides is 1. The summed E-state index contributed by atoms with van der Waals surface area (Å²) < 4.78 is 66.6. The second kappa shape index (κ2) is 8.30. The largest absolute Gasteiger partial charge is 0.416 e. The summed E-state index contributed by atoms with van der Waals surface area (Å²) in [5.74, 6) is 0. The lowest BCUT2D eigenvalue weighted by Crippen LogP contribution is -2.39. The van der Waals surface area contributed by atoms with Gasteiger partial charge in [-0.2, -0.15) is 18.2 Å². The molecule has 1 saturated heterocycles. The van der Waals surface area contributed by atoms with Gasteiger partial charge in [-0.3, -0.25) is 15.0 Å². The maximum absolute atomic E-state index is 12.9. The number of nitro groups is 1. The van der Waals surface area contributed by atoms with Gasteiger partial charge in [0.05, 0.1) is 23.1 Å². The smallest absolute Gasteiger partial charge is 0.297 e. The minimum absolute atomic E-state index is 0.146. The Morgan fingerprint density at radius 1 is 1.23 bits per heavy atom. The van der Waals surface area contributed by atoms with Crippen LogP contribution < -0.4 is 4.72 Å². The summed E-state index contributed by atoms with van der Waals surface area (Å²) in [4.78, 5) is 15.8. The van der Waals surface area contributed by atoms with E-state index in [0.29, 0.717) is 5.56 Å². The van der Waals surface area contributed by atoms with Gasteiger partial charge in [0.15, 0.2) is 0 Å². The number of hydrogen-bond acceptors (Lipinski definition) is 6. The third kappa shape index (κ3) is 4.78. The molecule has 1 aliphatic rings. The van der Waals surface area contributed by atoms with Crippen LogP contribution in [0.5, 0.6) is 0 Å². The molecular formula is C18H18F3N3O5S. The lowest BCUT2D eigenvalue weighted by Gasteiger charge is -2.23. The number of nitro benzene ring substituents is 1. The number of hydroxylamine groups is 2. The van der Waals surface area contributed by atoms with Crippen LogP contribution in [0.2, 0.25) is 0 Å². The first-order chi connectivity index (χ1) is 14.0. The van der Waals surface area contributed by atoms with Crippen LogP contribution in [0.3, 0.4) is 0 Å². The molecule has 1 heterocycles. The van der Waals surface area contributed by atoms with Gasteiger partial charge in [0.25, 0.3) is 5.69 Å². The van der Waals surface area contributed by atoms with E-state index < -0.39 is 38.0 Å². The van der Waals surface area contributed by atoms with Crippen LogP contribution >= 0.6 is 0 Å². The number of hydrogen-bond donors (Lipinski definition) is 1. The van der Waals surface area contributed by atoms with E-state index in [9.17, 15) is 31.7 Å². The minimum Gasteiger partial charge on any atom is -0.297 e. The maximum atomic E-state index is 12.9. The van der Waals surface area contributed by atoms with Crippen molar-refractivity contribution in [1.29, 1.82) is 0 Å². The lowest BCUT2D eigenvalue weighted by atomic mass is 10.0. The monoisotopic (exact) mass is 445 g/mol. The van der Waals surface area contributed by atoms with E-state index in [-0.39, 0.29) is 24.4 Å². The van der Waals surface area contributed by atoms with Crippen LogP contribution in [0, 0.1) is 10.1 Å². The van der Waals surface area contributed by atoms with Crippen LogP contribution in [-0.4, -0.2) is 37.3 Å². The average molecular weight is 445 g/mol. The Morgan fingerprint density at radius 3 is 2.60 bits per heavy atom. The number of halogens is 3. The molecule has 8 nitrogen and oxygen atoms in total. The molecule has 0 spiro atoms. The zero-order valence-corrected chi connectivity index (χ0v) is 16.5. The van der Waals surface area contributed by atoms with Gasteiger partial charge in [0, 0.05) is 25.7 Å². The fraction of sp³-hybridized carbons (Fsp3) is 0.333. The van der Waals surface area contributed by atoms with E-state index in [1.165, 1.54) is 42.4 Å². The molecule has 3 rings (SSSR count). The molecule has 2 atom stereocenters. The minimum atomic E-state index is -4.54. The van der Waals surface area contributed by atoms with Crippen LogP contribution in [0.1, 0.15) is 22.7 Å².